The van der Waals surface area contributed by atoms with Gasteiger partial charge in [0.1, 0.15) is 11.5 Å². The van der Waals surface area contributed by atoms with Crippen molar-refractivity contribution >= 4 is 39.3 Å². The minimum Gasteiger partial charge on any atom is -0.457 e. The maximum atomic E-state index is 12.6. The third kappa shape index (κ3) is 6.02. The quantitative estimate of drug-likeness (QED) is 0.238. The standard InChI is InChI=1S/C29H28BrNO5/c1-18(2)25-13-4-19(3)14-27(25)36-24-11-9-23(10-12-24)31-16-21(15-28(31)33)29(34)35-17-26(32)20-5-7-22(30)8-6-20/h4-14,18,21H,15-17H2,1-3H3/t21-/m0/s1. The van der Waals surface area contributed by atoms with Crippen LogP contribution < -0.4 is 9.64 Å². The Morgan fingerprint density at radius 2 is 1.72 bits per heavy atom. The van der Waals surface area contributed by atoms with Gasteiger partial charge in [-0.3, -0.25) is 14.4 Å². The van der Waals surface area contributed by atoms with Gasteiger partial charge in [-0.1, -0.05) is 54.0 Å². The van der Waals surface area contributed by atoms with Crippen molar-refractivity contribution < 1.29 is 23.9 Å². The van der Waals surface area contributed by atoms with Gasteiger partial charge in [0, 0.05) is 28.7 Å². The van der Waals surface area contributed by atoms with Crippen LogP contribution in [0.4, 0.5) is 5.69 Å². The average Bonchev–Trinajstić information content (AvgIpc) is 3.24. The number of Topliss-reactive ketones (excluding diaryl/α,β-unsaturated/α-hetero) is 1. The first-order valence-electron chi connectivity index (χ1n) is 11.9. The molecule has 1 atom stereocenters. The number of esters is 1. The van der Waals surface area contributed by atoms with Crippen LogP contribution in [0.3, 0.4) is 0 Å². The van der Waals surface area contributed by atoms with Gasteiger partial charge in [0.05, 0.1) is 5.92 Å². The highest BCUT2D eigenvalue weighted by Crippen LogP contribution is 2.33. The molecule has 0 radical (unpaired) electrons. The fourth-order valence-electron chi connectivity index (χ4n) is 4.12. The van der Waals surface area contributed by atoms with Gasteiger partial charge in [-0.15, -0.1) is 0 Å². The van der Waals surface area contributed by atoms with Gasteiger partial charge in [-0.2, -0.15) is 0 Å². The zero-order valence-corrected chi connectivity index (χ0v) is 22.1. The number of rotatable bonds is 8. The van der Waals surface area contributed by atoms with Crippen LogP contribution in [0.5, 0.6) is 11.5 Å². The van der Waals surface area contributed by atoms with Gasteiger partial charge in [-0.05, 0) is 66.4 Å². The maximum absolute atomic E-state index is 12.6. The summed E-state index contributed by atoms with van der Waals surface area (Å²) < 4.78 is 12.2. The molecule has 0 aliphatic carbocycles. The summed E-state index contributed by atoms with van der Waals surface area (Å²) in [5.41, 5.74) is 3.38. The highest BCUT2D eigenvalue weighted by atomic mass is 79.9. The van der Waals surface area contributed by atoms with Crippen molar-refractivity contribution in [3.05, 3.63) is 87.9 Å². The monoisotopic (exact) mass is 549 g/mol. The summed E-state index contributed by atoms with van der Waals surface area (Å²) in [6, 6.07) is 20.3. The van der Waals surface area contributed by atoms with Crippen LogP contribution in [0.25, 0.3) is 0 Å². The lowest BCUT2D eigenvalue weighted by Gasteiger charge is -2.18. The van der Waals surface area contributed by atoms with Gasteiger partial charge in [0.25, 0.3) is 0 Å². The van der Waals surface area contributed by atoms with Gasteiger partial charge in [0.15, 0.2) is 12.4 Å². The third-order valence-corrected chi connectivity index (χ3v) is 6.67. The number of carbonyl (C=O) groups excluding carboxylic acids is 3. The lowest BCUT2D eigenvalue weighted by atomic mass is 10.0. The second kappa shape index (κ2) is 11.1. The van der Waals surface area contributed by atoms with Crippen molar-refractivity contribution in [1.29, 1.82) is 0 Å². The molecule has 0 spiro atoms. The smallest absolute Gasteiger partial charge is 0.311 e. The molecule has 0 aromatic heterocycles. The molecule has 0 bridgehead atoms. The lowest BCUT2D eigenvalue weighted by Crippen LogP contribution is -2.27. The Bertz CT molecular complexity index is 1270. The van der Waals surface area contributed by atoms with Crippen LogP contribution in [0.1, 0.15) is 47.7 Å². The largest absolute Gasteiger partial charge is 0.457 e. The number of benzene rings is 3. The minimum absolute atomic E-state index is 0.0462. The molecule has 7 heteroatoms. The number of amides is 1. The Kier molecular flexibility index (Phi) is 7.89. The first-order chi connectivity index (χ1) is 17.2. The molecule has 4 rings (SSSR count). The third-order valence-electron chi connectivity index (χ3n) is 6.14. The van der Waals surface area contributed by atoms with Crippen molar-refractivity contribution in [2.45, 2.75) is 33.1 Å². The van der Waals surface area contributed by atoms with Crippen molar-refractivity contribution in [2.75, 3.05) is 18.1 Å². The topological polar surface area (TPSA) is 72.9 Å². The van der Waals surface area contributed by atoms with Crippen molar-refractivity contribution in [1.82, 2.24) is 0 Å². The van der Waals surface area contributed by atoms with Crippen LogP contribution in [0.2, 0.25) is 0 Å². The summed E-state index contributed by atoms with van der Waals surface area (Å²) >= 11 is 3.32. The molecule has 1 amide bonds. The number of ether oxygens (including phenoxy) is 2. The molecule has 0 N–H and O–H groups in total. The van der Waals surface area contributed by atoms with E-state index in [-0.39, 0.29) is 31.3 Å². The SMILES string of the molecule is Cc1ccc(C(C)C)c(Oc2ccc(N3C[C@@H](C(=O)OCC(=O)c4ccc(Br)cc4)CC3=O)cc2)c1. The highest BCUT2D eigenvalue weighted by Gasteiger charge is 2.36. The average molecular weight is 550 g/mol. The van der Waals surface area contributed by atoms with E-state index in [1.165, 1.54) is 0 Å². The molecule has 1 aliphatic rings. The van der Waals surface area contributed by atoms with E-state index in [1.54, 1.807) is 29.2 Å². The molecule has 186 valence electrons. The lowest BCUT2D eigenvalue weighted by molar-refractivity contribution is -0.147. The molecule has 3 aromatic carbocycles. The number of halogens is 1. The molecular weight excluding hydrogens is 522 g/mol. The molecular formula is C29H28BrNO5. The van der Waals surface area contributed by atoms with Crippen LogP contribution in [-0.2, 0) is 14.3 Å². The summed E-state index contributed by atoms with van der Waals surface area (Å²) in [5, 5.41) is 0. The first kappa shape index (κ1) is 25.6. The van der Waals surface area contributed by atoms with E-state index in [1.807, 2.05) is 37.3 Å². The van der Waals surface area contributed by atoms with E-state index in [0.717, 1.165) is 21.3 Å². The Hall–Kier alpha value is -3.45. The van der Waals surface area contributed by atoms with E-state index in [9.17, 15) is 14.4 Å². The van der Waals surface area contributed by atoms with Crippen molar-refractivity contribution in [2.24, 2.45) is 5.92 Å². The highest BCUT2D eigenvalue weighted by molar-refractivity contribution is 9.10. The van der Waals surface area contributed by atoms with Crippen molar-refractivity contribution in [3.63, 3.8) is 0 Å². The van der Waals surface area contributed by atoms with Crippen LogP contribution in [0, 0.1) is 12.8 Å². The minimum atomic E-state index is -0.618. The molecule has 0 saturated carbocycles. The van der Waals surface area contributed by atoms with Crippen molar-refractivity contribution in [3.8, 4) is 11.5 Å². The Labute approximate surface area is 219 Å². The summed E-state index contributed by atoms with van der Waals surface area (Å²) in [4.78, 5) is 39.0. The molecule has 1 heterocycles. The molecule has 1 saturated heterocycles. The number of hydrogen-bond acceptors (Lipinski definition) is 5. The van der Waals surface area contributed by atoms with Gasteiger partial charge in [-0.25, -0.2) is 0 Å². The molecule has 36 heavy (non-hydrogen) atoms. The number of ketones is 1. The predicted molar refractivity (Wildman–Crippen MR) is 142 cm³/mol. The second-order valence-corrected chi connectivity index (χ2v) is 10.2. The molecule has 0 unspecified atom stereocenters. The predicted octanol–water partition coefficient (Wildman–Crippen LogP) is 6.45. The normalized spacial score (nSPS) is 15.3. The van der Waals surface area contributed by atoms with E-state index < -0.39 is 11.9 Å². The molecule has 6 nitrogen and oxygen atoms in total. The van der Waals surface area contributed by atoms with Gasteiger partial charge in [0.2, 0.25) is 5.91 Å². The summed E-state index contributed by atoms with van der Waals surface area (Å²) in [6.45, 7) is 6.13. The van der Waals surface area contributed by atoms with Gasteiger partial charge < -0.3 is 14.4 Å². The van der Waals surface area contributed by atoms with E-state index in [2.05, 4.69) is 41.9 Å². The van der Waals surface area contributed by atoms with Gasteiger partial charge >= 0.3 is 5.97 Å². The van der Waals surface area contributed by atoms with E-state index in [4.69, 9.17) is 9.47 Å². The summed E-state index contributed by atoms with van der Waals surface area (Å²) in [7, 11) is 0. The number of hydrogen-bond donors (Lipinski definition) is 0. The van der Waals surface area contributed by atoms with Crippen LogP contribution in [-0.4, -0.2) is 30.8 Å². The van der Waals surface area contributed by atoms with E-state index in [0.29, 0.717) is 22.9 Å². The first-order valence-corrected chi connectivity index (χ1v) is 12.6. The fraction of sp³-hybridized carbons (Fsp3) is 0.276. The van der Waals surface area contributed by atoms with Crippen LogP contribution >= 0.6 is 15.9 Å². The van der Waals surface area contributed by atoms with E-state index >= 15 is 0 Å². The number of anilines is 1. The number of aryl methyl sites for hydroxylation is 1. The molecule has 1 fully saturated rings. The number of carbonyl (C=O) groups is 3. The summed E-state index contributed by atoms with van der Waals surface area (Å²) in [5.74, 6) is 0.191. The zero-order chi connectivity index (χ0) is 25.8. The number of nitrogens with zero attached hydrogens (tertiary/aromatic N) is 1. The molecule has 3 aromatic rings. The summed E-state index contributed by atoms with van der Waals surface area (Å²) in [6.07, 6.45) is 0.0462. The fourth-order valence-corrected chi connectivity index (χ4v) is 4.38. The molecule has 1 aliphatic heterocycles. The Morgan fingerprint density at radius 3 is 2.39 bits per heavy atom. The maximum Gasteiger partial charge on any atom is 0.311 e. The Balaban J connectivity index is 1.36. The Morgan fingerprint density at radius 1 is 1.03 bits per heavy atom. The van der Waals surface area contributed by atoms with Crippen LogP contribution in [0.15, 0.2) is 71.2 Å². The zero-order valence-electron chi connectivity index (χ0n) is 20.5. The second-order valence-electron chi connectivity index (χ2n) is 9.24.